The third-order valence-corrected chi connectivity index (χ3v) is 2.50. The average Bonchev–Trinajstić information content (AvgIpc) is 2.03. The Morgan fingerprint density at radius 3 is 1.46 bits per heavy atom. The number of rotatable bonds is 0. The van der Waals surface area contributed by atoms with Crippen molar-refractivity contribution < 1.29 is 24.9 Å². The first kappa shape index (κ1) is 10.9. The lowest BCUT2D eigenvalue weighted by Gasteiger charge is -2.30. The Bertz CT molecular complexity index is 167. The summed E-state index contributed by atoms with van der Waals surface area (Å²) in [5, 5.41) is 37.6. The Balaban J connectivity index is 2.79. The zero-order valence-electron chi connectivity index (χ0n) is 7.96. The molecule has 0 saturated carbocycles. The monoisotopic (exact) mass is 192 g/mol. The molecule has 0 amide bonds. The second kappa shape index (κ2) is 3.51. The van der Waals surface area contributed by atoms with E-state index in [1.165, 1.54) is 0 Å². The number of aliphatic hydroxyl groups excluding tert-OH is 4. The van der Waals surface area contributed by atoms with Gasteiger partial charge in [0.1, 0.15) is 37.5 Å². The molecule has 1 aliphatic rings. The van der Waals surface area contributed by atoms with Crippen molar-refractivity contribution in [2.24, 2.45) is 0 Å². The molecule has 0 spiro atoms. The molecule has 0 aromatic carbocycles. The number of hydrogen-bond donors (Lipinski definition) is 4. The van der Waals surface area contributed by atoms with Crippen molar-refractivity contribution in [1.29, 1.82) is 0 Å². The summed E-state index contributed by atoms with van der Waals surface area (Å²) in [4.78, 5) is 0. The van der Waals surface area contributed by atoms with E-state index in [9.17, 15) is 20.4 Å². The van der Waals surface area contributed by atoms with E-state index in [4.69, 9.17) is 0 Å². The molecule has 0 bridgehead atoms. The van der Waals surface area contributed by atoms with E-state index in [0.717, 1.165) is 0 Å². The number of likely N-dealkylation sites (tertiary alicyclic amines) is 1. The van der Waals surface area contributed by atoms with E-state index in [1.807, 2.05) is 14.1 Å². The predicted molar refractivity (Wildman–Crippen MR) is 45.9 cm³/mol. The zero-order valence-corrected chi connectivity index (χ0v) is 7.96. The first-order chi connectivity index (χ1) is 5.83. The maximum atomic E-state index is 9.44. The molecule has 1 rings (SSSR count). The third-order valence-electron chi connectivity index (χ3n) is 2.50. The minimum atomic E-state index is -1.25. The molecular formula is C8H18NO4+. The highest BCUT2D eigenvalue weighted by Crippen LogP contribution is 2.16. The lowest BCUT2D eigenvalue weighted by atomic mass is 10.1. The number of hydrogen-bond acceptors (Lipinski definition) is 4. The van der Waals surface area contributed by atoms with Crippen LogP contribution in [0.4, 0.5) is 0 Å². The highest BCUT2D eigenvalue weighted by atomic mass is 16.4. The van der Waals surface area contributed by atoms with Crippen LogP contribution in [0, 0.1) is 0 Å². The van der Waals surface area contributed by atoms with Crippen LogP contribution in [0.2, 0.25) is 0 Å². The van der Waals surface area contributed by atoms with Gasteiger partial charge in [0.2, 0.25) is 0 Å². The maximum Gasteiger partial charge on any atom is 0.131 e. The van der Waals surface area contributed by atoms with Crippen LogP contribution >= 0.6 is 0 Å². The van der Waals surface area contributed by atoms with Crippen LogP contribution in [0.15, 0.2) is 0 Å². The molecule has 4 atom stereocenters. The fourth-order valence-electron chi connectivity index (χ4n) is 1.76. The minimum Gasteiger partial charge on any atom is -0.387 e. The molecule has 5 heteroatoms. The van der Waals surface area contributed by atoms with Gasteiger partial charge in [0.15, 0.2) is 0 Å². The van der Waals surface area contributed by atoms with Crippen LogP contribution in [0.3, 0.4) is 0 Å². The van der Waals surface area contributed by atoms with Crippen molar-refractivity contribution in [2.45, 2.75) is 24.4 Å². The molecule has 0 aromatic rings. The molecule has 1 fully saturated rings. The van der Waals surface area contributed by atoms with Crippen LogP contribution in [0.1, 0.15) is 0 Å². The fourth-order valence-corrected chi connectivity index (χ4v) is 1.76. The molecule has 1 heterocycles. The average molecular weight is 192 g/mol. The van der Waals surface area contributed by atoms with E-state index in [-0.39, 0.29) is 0 Å². The van der Waals surface area contributed by atoms with Gasteiger partial charge in [-0.2, -0.15) is 0 Å². The van der Waals surface area contributed by atoms with Gasteiger partial charge < -0.3 is 24.9 Å². The van der Waals surface area contributed by atoms with E-state index >= 15 is 0 Å². The van der Waals surface area contributed by atoms with Crippen molar-refractivity contribution in [3.63, 3.8) is 0 Å². The summed E-state index contributed by atoms with van der Waals surface area (Å²) in [6, 6.07) is 0. The second-order valence-corrected chi connectivity index (χ2v) is 4.42. The Hall–Kier alpha value is -0.200. The lowest BCUT2D eigenvalue weighted by Crippen LogP contribution is -2.48. The Morgan fingerprint density at radius 1 is 0.846 bits per heavy atom. The number of aliphatic hydroxyl groups is 4. The molecule has 78 valence electrons. The van der Waals surface area contributed by atoms with E-state index in [1.54, 1.807) is 0 Å². The van der Waals surface area contributed by atoms with Gasteiger partial charge >= 0.3 is 0 Å². The van der Waals surface area contributed by atoms with Crippen molar-refractivity contribution >= 4 is 0 Å². The number of likely N-dealkylation sites (N-methyl/N-ethyl adjacent to an activating group) is 1. The van der Waals surface area contributed by atoms with E-state index in [0.29, 0.717) is 17.6 Å². The SMILES string of the molecule is C[N+]1(C)C[C@@H](O)[C@@H](O)[C@H](O)[C@@H](O)C1. The molecule has 4 N–H and O–H groups in total. The first-order valence-electron chi connectivity index (χ1n) is 4.38. The van der Waals surface area contributed by atoms with Crippen LogP contribution < -0.4 is 0 Å². The highest BCUT2D eigenvalue weighted by Gasteiger charge is 2.40. The molecule has 0 radical (unpaired) electrons. The summed E-state index contributed by atoms with van der Waals surface area (Å²) in [6.45, 7) is 0.657. The maximum absolute atomic E-state index is 9.44. The normalized spacial score (nSPS) is 45.7. The Kier molecular flexibility index (Phi) is 2.94. The van der Waals surface area contributed by atoms with Gasteiger partial charge in [-0.1, -0.05) is 0 Å². The van der Waals surface area contributed by atoms with Crippen molar-refractivity contribution in [1.82, 2.24) is 0 Å². The topological polar surface area (TPSA) is 80.9 Å². The van der Waals surface area contributed by atoms with E-state index in [2.05, 4.69) is 0 Å². The zero-order chi connectivity index (χ0) is 10.2. The van der Waals surface area contributed by atoms with Crippen molar-refractivity contribution in [3.8, 4) is 0 Å². The first-order valence-corrected chi connectivity index (χ1v) is 4.38. The third kappa shape index (κ3) is 2.38. The van der Waals surface area contributed by atoms with Crippen LogP contribution in [0.25, 0.3) is 0 Å². The van der Waals surface area contributed by atoms with Crippen LogP contribution in [-0.4, -0.2) is 76.5 Å². The molecule has 0 aliphatic carbocycles. The summed E-state index contributed by atoms with van der Waals surface area (Å²) in [5.74, 6) is 0. The largest absolute Gasteiger partial charge is 0.387 e. The molecular weight excluding hydrogens is 174 g/mol. The summed E-state index contributed by atoms with van der Waals surface area (Å²) in [6.07, 6.45) is -4.48. The minimum absolute atomic E-state index is 0.329. The van der Waals surface area contributed by atoms with Gasteiger partial charge in [-0.25, -0.2) is 0 Å². The van der Waals surface area contributed by atoms with Crippen LogP contribution in [0.5, 0.6) is 0 Å². The van der Waals surface area contributed by atoms with Crippen molar-refractivity contribution in [2.75, 3.05) is 27.2 Å². The molecule has 0 unspecified atom stereocenters. The molecule has 1 aliphatic heterocycles. The van der Waals surface area contributed by atoms with Crippen molar-refractivity contribution in [3.05, 3.63) is 0 Å². The van der Waals surface area contributed by atoms with Gasteiger partial charge in [-0.05, 0) is 0 Å². The highest BCUT2D eigenvalue weighted by molar-refractivity contribution is 4.83. The quantitative estimate of drug-likeness (QED) is 0.320. The number of nitrogens with zero attached hydrogens (tertiary/aromatic N) is 1. The van der Waals surface area contributed by atoms with Gasteiger partial charge in [-0.15, -0.1) is 0 Å². The summed E-state index contributed by atoms with van der Waals surface area (Å²) < 4.78 is 0.385. The lowest BCUT2D eigenvalue weighted by molar-refractivity contribution is -0.895. The smallest absolute Gasteiger partial charge is 0.131 e. The van der Waals surface area contributed by atoms with E-state index < -0.39 is 24.4 Å². The number of quaternary nitrogens is 1. The fraction of sp³-hybridized carbons (Fsp3) is 1.00. The molecule has 13 heavy (non-hydrogen) atoms. The summed E-state index contributed by atoms with van der Waals surface area (Å²) >= 11 is 0. The predicted octanol–water partition coefficient (Wildman–Crippen LogP) is -2.48. The van der Waals surface area contributed by atoms with Gasteiger partial charge in [0, 0.05) is 0 Å². The Morgan fingerprint density at radius 2 is 1.15 bits per heavy atom. The standard InChI is InChI=1S/C8H18NO4/c1-9(2)3-5(10)7(12)8(13)6(11)4-9/h5-8,10-13H,3-4H2,1-2H3/q+1/t5-,6+,7-,8-/m1/s1. The molecule has 5 nitrogen and oxygen atoms in total. The molecule has 0 aromatic heterocycles. The Labute approximate surface area is 77.4 Å². The second-order valence-electron chi connectivity index (χ2n) is 4.42. The summed E-state index contributed by atoms with van der Waals surface area (Å²) in [5.41, 5.74) is 0. The van der Waals surface area contributed by atoms with Gasteiger partial charge in [0.05, 0.1) is 14.1 Å². The van der Waals surface area contributed by atoms with Crippen LogP contribution in [-0.2, 0) is 0 Å². The summed E-state index contributed by atoms with van der Waals surface area (Å²) in [7, 11) is 3.66. The van der Waals surface area contributed by atoms with Gasteiger partial charge in [0.25, 0.3) is 0 Å². The van der Waals surface area contributed by atoms with Gasteiger partial charge in [-0.3, -0.25) is 0 Å². The molecule has 1 saturated heterocycles.